The van der Waals surface area contributed by atoms with Gasteiger partial charge in [-0.2, -0.15) is 0 Å². The third-order valence-corrected chi connectivity index (χ3v) is 1.60. The Kier molecular flexibility index (Phi) is 1.95. The molecule has 62 valence electrons. The van der Waals surface area contributed by atoms with Gasteiger partial charge in [0.15, 0.2) is 0 Å². The van der Waals surface area contributed by atoms with Crippen molar-refractivity contribution in [3.63, 3.8) is 0 Å². The molecule has 1 heterocycles. The average molecular weight is 163 g/mol. The number of hydrogen-bond donors (Lipinski definition) is 1. The number of amides is 2. The van der Waals surface area contributed by atoms with Gasteiger partial charge < -0.3 is 0 Å². The van der Waals surface area contributed by atoms with Gasteiger partial charge in [-0.15, -0.1) is 0 Å². The zero-order valence-corrected chi connectivity index (χ0v) is 6.81. The number of carbonyl (C=O) groups is 2. The summed E-state index contributed by atoms with van der Waals surface area (Å²) in [5.74, 6) is -0.782. The summed E-state index contributed by atoms with van der Waals surface area (Å²) in [6.07, 6.45) is 1.37. The van der Waals surface area contributed by atoms with Gasteiger partial charge in [0.2, 0.25) is 0 Å². The molecule has 0 atom stereocenters. The first-order valence-electron chi connectivity index (χ1n) is 3.46. The van der Waals surface area contributed by atoms with Crippen molar-refractivity contribution >= 4 is 11.8 Å². The fourth-order valence-electron chi connectivity index (χ4n) is 1.09. The smallest absolute Gasteiger partial charge is 0.259 e. The normalized spacial score (nSPS) is 16.4. The van der Waals surface area contributed by atoms with Crippen LogP contribution in [0.2, 0.25) is 0 Å². The second-order valence-corrected chi connectivity index (χ2v) is 2.56. The lowest BCUT2D eigenvalue weighted by molar-refractivity contribution is -0.123. The lowest BCUT2D eigenvalue weighted by Crippen LogP contribution is -2.23. The van der Waals surface area contributed by atoms with Crippen molar-refractivity contribution < 1.29 is 9.59 Å². The lowest BCUT2D eigenvalue weighted by atomic mass is 10.0. The van der Waals surface area contributed by atoms with Crippen molar-refractivity contribution in [1.82, 2.24) is 5.32 Å². The summed E-state index contributed by atoms with van der Waals surface area (Å²) in [6, 6.07) is 0. The summed E-state index contributed by atoms with van der Waals surface area (Å²) in [6.45, 7) is 8.73. The second kappa shape index (κ2) is 2.77. The fraction of sp³-hybridized carbons (Fsp3) is 0.111. The van der Waals surface area contributed by atoms with Crippen LogP contribution < -0.4 is 5.32 Å². The van der Waals surface area contributed by atoms with Gasteiger partial charge in [-0.05, 0) is 12.5 Å². The van der Waals surface area contributed by atoms with E-state index in [0.717, 1.165) is 0 Å². The molecule has 1 aliphatic heterocycles. The van der Waals surface area contributed by atoms with Gasteiger partial charge in [-0.3, -0.25) is 14.9 Å². The summed E-state index contributed by atoms with van der Waals surface area (Å²) in [7, 11) is 0. The van der Waals surface area contributed by atoms with E-state index in [-0.39, 0.29) is 5.91 Å². The van der Waals surface area contributed by atoms with Crippen LogP contribution in [0, 0.1) is 0 Å². The Morgan fingerprint density at radius 2 is 2.00 bits per heavy atom. The second-order valence-electron chi connectivity index (χ2n) is 2.56. The van der Waals surface area contributed by atoms with E-state index in [1.807, 2.05) is 0 Å². The molecule has 0 bridgehead atoms. The molecule has 0 radical (unpaired) electrons. The molecular weight excluding hydrogens is 154 g/mol. The number of rotatable bonds is 2. The first-order valence-corrected chi connectivity index (χ1v) is 3.46. The SMILES string of the molecule is C=CC1=C(C(=C)C)C(=O)NC1=O. The highest BCUT2D eigenvalue weighted by Crippen LogP contribution is 2.19. The number of carbonyl (C=O) groups excluding carboxylic acids is 2. The van der Waals surface area contributed by atoms with Crippen LogP contribution in [-0.4, -0.2) is 11.8 Å². The van der Waals surface area contributed by atoms with Gasteiger partial charge in [0.25, 0.3) is 11.8 Å². The highest BCUT2D eigenvalue weighted by Gasteiger charge is 2.27. The van der Waals surface area contributed by atoms with E-state index in [9.17, 15) is 9.59 Å². The minimum atomic E-state index is -0.395. The van der Waals surface area contributed by atoms with E-state index >= 15 is 0 Å². The Hall–Kier alpha value is -1.64. The minimum absolute atomic E-state index is 0.313. The fourth-order valence-corrected chi connectivity index (χ4v) is 1.09. The predicted octanol–water partition coefficient (Wildman–Crippen LogP) is 0.701. The average Bonchev–Trinajstić information content (AvgIpc) is 2.24. The molecule has 3 heteroatoms. The Bertz CT molecular complexity index is 323. The van der Waals surface area contributed by atoms with Crippen LogP contribution in [-0.2, 0) is 9.59 Å². The molecule has 0 aromatic heterocycles. The van der Waals surface area contributed by atoms with Gasteiger partial charge in [0, 0.05) is 0 Å². The van der Waals surface area contributed by atoms with Crippen LogP contribution in [0.25, 0.3) is 0 Å². The zero-order valence-electron chi connectivity index (χ0n) is 6.81. The van der Waals surface area contributed by atoms with E-state index in [1.54, 1.807) is 6.92 Å². The van der Waals surface area contributed by atoms with Gasteiger partial charge in [0.1, 0.15) is 0 Å². The standard InChI is InChI=1S/C9H9NO2/c1-4-6-7(5(2)3)9(12)10-8(6)11/h4H,1-2H2,3H3,(H,10,11,12). The van der Waals surface area contributed by atoms with E-state index in [4.69, 9.17) is 0 Å². The van der Waals surface area contributed by atoms with Crippen LogP contribution in [0.15, 0.2) is 36.0 Å². The Morgan fingerprint density at radius 1 is 1.42 bits per heavy atom. The molecular formula is C9H9NO2. The number of imide groups is 1. The highest BCUT2D eigenvalue weighted by atomic mass is 16.2. The molecule has 0 aliphatic carbocycles. The van der Waals surface area contributed by atoms with Gasteiger partial charge in [0.05, 0.1) is 11.1 Å². The lowest BCUT2D eigenvalue weighted by Gasteiger charge is -1.96. The summed E-state index contributed by atoms with van der Waals surface area (Å²) >= 11 is 0. The molecule has 0 fully saturated rings. The summed E-state index contributed by atoms with van der Waals surface area (Å²) < 4.78 is 0. The number of hydrogen-bond acceptors (Lipinski definition) is 2. The Morgan fingerprint density at radius 3 is 2.33 bits per heavy atom. The first-order chi connectivity index (χ1) is 5.57. The first kappa shape index (κ1) is 8.46. The van der Waals surface area contributed by atoms with E-state index in [1.165, 1.54) is 6.08 Å². The maximum Gasteiger partial charge on any atom is 0.259 e. The summed E-state index contributed by atoms with van der Waals surface area (Å²) in [5.41, 5.74) is 1.23. The molecule has 0 spiro atoms. The molecule has 2 amide bonds. The molecule has 0 saturated carbocycles. The topological polar surface area (TPSA) is 46.2 Å². The van der Waals surface area contributed by atoms with E-state index in [0.29, 0.717) is 16.7 Å². The summed E-state index contributed by atoms with van der Waals surface area (Å²) in [4.78, 5) is 22.1. The molecule has 1 aliphatic rings. The zero-order chi connectivity index (χ0) is 9.30. The van der Waals surface area contributed by atoms with Crippen LogP contribution in [0.4, 0.5) is 0 Å². The van der Waals surface area contributed by atoms with Crippen molar-refractivity contribution in [1.29, 1.82) is 0 Å². The van der Waals surface area contributed by atoms with Crippen molar-refractivity contribution in [2.75, 3.05) is 0 Å². The molecule has 12 heavy (non-hydrogen) atoms. The molecule has 1 rings (SSSR count). The van der Waals surface area contributed by atoms with Crippen molar-refractivity contribution in [3.05, 3.63) is 36.0 Å². The quantitative estimate of drug-likeness (QED) is 0.609. The van der Waals surface area contributed by atoms with Crippen molar-refractivity contribution in [3.8, 4) is 0 Å². The van der Waals surface area contributed by atoms with Crippen LogP contribution >= 0.6 is 0 Å². The molecule has 1 N–H and O–H groups in total. The van der Waals surface area contributed by atoms with Crippen molar-refractivity contribution in [2.45, 2.75) is 6.92 Å². The molecule has 0 aromatic rings. The Labute approximate surface area is 70.5 Å². The third-order valence-electron chi connectivity index (χ3n) is 1.60. The van der Waals surface area contributed by atoms with Crippen molar-refractivity contribution in [2.24, 2.45) is 0 Å². The van der Waals surface area contributed by atoms with Crippen LogP contribution in [0.1, 0.15) is 6.92 Å². The maximum absolute atomic E-state index is 11.1. The monoisotopic (exact) mass is 163 g/mol. The molecule has 0 unspecified atom stereocenters. The minimum Gasteiger partial charge on any atom is -0.288 e. The number of nitrogens with one attached hydrogen (secondary N) is 1. The molecule has 0 saturated heterocycles. The van der Waals surface area contributed by atoms with Gasteiger partial charge in [-0.1, -0.05) is 19.2 Å². The van der Waals surface area contributed by atoms with Gasteiger partial charge >= 0.3 is 0 Å². The van der Waals surface area contributed by atoms with Crippen LogP contribution in [0.5, 0.6) is 0 Å². The molecule has 3 nitrogen and oxygen atoms in total. The maximum atomic E-state index is 11.1. The highest BCUT2D eigenvalue weighted by molar-refractivity contribution is 6.22. The van der Waals surface area contributed by atoms with E-state index < -0.39 is 5.91 Å². The predicted molar refractivity (Wildman–Crippen MR) is 45.2 cm³/mol. The van der Waals surface area contributed by atoms with Crippen LogP contribution in [0.3, 0.4) is 0 Å². The summed E-state index contributed by atoms with van der Waals surface area (Å²) in [5, 5.41) is 2.17. The molecule has 0 aromatic carbocycles. The largest absolute Gasteiger partial charge is 0.288 e. The third kappa shape index (κ3) is 1.09. The Balaban J connectivity index is 3.27. The van der Waals surface area contributed by atoms with E-state index in [2.05, 4.69) is 18.5 Å². The van der Waals surface area contributed by atoms with Gasteiger partial charge in [-0.25, -0.2) is 0 Å².